The predicted molar refractivity (Wildman–Crippen MR) is 169 cm³/mol. The normalized spacial score (nSPS) is 16.1. The lowest BCUT2D eigenvalue weighted by Gasteiger charge is -2.41. The summed E-state index contributed by atoms with van der Waals surface area (Å²) >= 11 is 0. The van der Waals surface area contributed by atoms with Crippen molar-refractivity contribution in [2.45, 2.75) is 57.1 Å². The summed E-state index contributed by atoms with van der Waals surface area (Å²) in [6, 6.07) is 18.6. The van der Waals surface area contributed by atoms with E-state index in [0.717, 1.165) is 54.0 Å². The standard InChI is InChI=1S/C33H46N6O2/c1-5-35-25-37-31(32(38(4)34)30-13-11-28(12-14-30)24-36-19-22-40)15-16-33(41)17-20-39(21-18-33)27(3)23-26(2)29-9-7-6-8-10-29/h5-14,22,25-26,36,41H,1,3,15-21,23-24,34H2,2,4H3,(H,35,37)/b32-31+. The Kier molecular flexibility index (Phi) is 12.3. The largest absolute Gasteiger partial charge is 0.390 e. The van der Waals surface area contributed by atoms with Crippen molar-refractivity contribution in [1.82, 2.24) is 20.5 Å². The fraction of sp³-hybridized carbons (Fsp3) is 0.394. The SMILES string of the molecule is C=CN=CN/C(CCC1(O)CCN(C(=C)CC(C)c2ccccc2)CC1)=C(\c1ccc(CNCC=O)cc1)N(C)N. The summed E-state index contributed by atoms with van der Waals surface area (Å²) in [7, 11) is 1.80. The Labute approximate surface area is 245 Å². The molecule has 1 aliphatic rings. The molecule has 0 saturated carbocycles. The van der Waals surface area contributed by atoms with E-state index in [1.54, 1.807) is 18.4 Å². The van der Waals surface area contributed by atoms with Crippen molar-refractivity contribution in [1.29, 1.82) is 0 Å². The molecule has 1 saturated heterocycles. The summed E-state index contributed by atoms with van der Waals surface area (Å²) in [5.41, 5.74) is 5.35. The lowest BCUT2D eigenvalue weighted by atomic mass is 9.85. The van der Waals surface area contributed by atoms with Crippen molar-refractivity contribution >= 4 is 18.3 Å². The van der Waals surface area contributed by atoms with E-state index < -0.39 is 5.60 Å². The highest BCUT2D eigenvalue weighted by Gasteiger charge is 2.33. The van der Waals surface area contributed by atoms with Gasteiger partial charge in [0.2, 0.25) is 0 Å². The maximum absolute atomic E-state index is 11.5. The zero-order valence-electron chi connectivity index (χ0n) is 24.6. The number of carbonyl (C=O) groups is 1. The highest BCUT2D eigenvalue weighted by atomic mass is 16.3. The number of rotatable bonds is 16. The third-order valence-corrected chi connectivity index (χ3v) is 7.73. The highest BCUT2D eigenvalue weighted by molar-refractivity contribution is 5.71. The molecule has 41 heavy (non-hydrogen) atoms. The quantitative estimate of drug-likeness (QED) is 0.0599. The number of hydrazine groups is 1. The molecule has 8 nitrogen and oxygen atoms in total. The lowest BCUT2D eigenvalue weighted by molar-refractivity contribution is -0.107. The van der Waals surface area contributed by atoms with Gasteiger partial charge >= 0.3 is 0 Å². The van der Waals surface area contributed by atoms with Crippen LogP contribution in [0.5, 0.6) is 0 Å². The van der Waals surface area contributed by atoms with E-state index in [-0.39, 0.29) is 0 Å². The van der Waals surface area contributed by atoms with Crippen molar-refractivity contribution in [3.05, 3.63) is 102 Å². The van der Waals surface area contributed by atoms with Crippen LogP contribution in [0, 0.1) is 0 Å². The summed E-state index contributed by atoms with van der Waals surface area (Å²) in [5, 5.41) is 19.5. The van der Waals surface area contributed by atoms with Gasteiger partial charge in [0.25, 0.3) is 0 Å². The first-order valence-corrected chi connectivity index (χ1v) is 14.3. The van der Waals surface area contributed by atoms with E-state index in [1.165, 1.54) is 11.8 Å². The number of carbonyl (C=O) groups excluding carboxylic acids is 1. The van der Waals surface area contributed by atoms with Crippen molar-refractivity contribution < 1.29 is 9.90 Å². The summed E-state index contributed by atoms with van der Waals surface area (Å²) < 4.78 is 0. The number of piperidine rings is 1. The molecule has 3 rings (SSSR count). The number of aliphatic imine (C=N–C) groups is 1. The molecule has 1 unspecified atom stereocenters. The molecule has 1 fully saturated rings. The number of likely N-dealkylation sites (tertiary alicyclic amines) is 1. The molecule has 2 aromatic rings. The average Bonchev–Trinajstić information content (AvgIpc) is 2.97. The highest BCUT2D eigenvalue weighted by Crippen LogP contribution is 2.33. The molecule has 8 heteroatoms. The lowest BCUT2D eigenvalue weighted by Crippen LogP contribution is -2.44. The fourth-order valence-electron chi connectivity index (χ4n) is 5.30. The number of nitrogens with two attached hydrogens (primary N) is 1. The molecule has 5 N–H and O–H groups in total. The molecule has 220 valence electrons. The Morgan fingerprint density at radius 3 is 2.49 bits per heavy atom. The molecule has 0 amide bonds. The van der Waals surface area contributed by atoms with Crippen LogP contribution < -0.4 is 16.5 Å². The van der Waals surface area contributed by atoms with Crippen LogP contribution in [0.3, 0.4) is 0 Å². The smallest absolute Gasteiger partial charge is 0.133 e. The number of hydrogen-bond donors (Lipinski definition) is 4. The van der Waals surface area contributed by atoms with Gasteiger partial charge in [-0.25, -0.2) is 10.8 Å². The van der Waals surface area contributed by atoms with Gasteiger partial charge in [0.05, 0.1) is 24.2 Å². The summed E-state index contributed by atoms with van der Waals surface area (Å²) in [6.07, 6.45) is 7.34. The number of allylic oxidation sites excluding steroid dienone is 2. The second kappa shape index (κ2) is 15.9. The molecule has 0 radical (unpaired) electrons. The minimum atomic E-state index is -0.781. The van der Waals surface area contributed by atoms with Crippen molar-refractivity contribution in [2.75, 3.05) is 26.7 Å². The Bertz CT molecular complexity index is 1180. The predicted octanol–water partition coefficient (Wildman–Crippen LogP) is 4.53. The van der Waals surface area contributed by atoms with E-state index in [1.807, 2.05) is 30.3 Å². The van der Waals surface area contributed by atoms with Crippen LogP contribution in [0.4, 0.5) is 0 Å². The second-order valence-corrected chi connectivity index (χ2v) is 10.8. The summed E-state index contributed by atoms with van der Waals surface area (Å²) in [6.45, 7) is 12.8. The molecular weight excluding hydrogens is 512 g/mol. The zero-order valence-corrected chi connectivity index (χ0v) is 24.6. The van der Waals surface area contributed by atoms with Gasteiger partial charge in [-0.1, -0.05) is 74.7 Å². The molecule has 0 aliphatic carbocycles. The molecule has 2 aromatic carbocycles. The minimum Gasteiger partial charge on any atom is -0.390 e. The van der Waals surface area contributed by atoms with Gasteiger partial charge in [-0.3, -0.25) is 0 Å². The zero-order chi connectivity index (χ0) is 29.7. The van der Waals surface area contributed by atoms with Crippen molar-refractivity contribution in [2.24, 2.45) is 10.8 Å². The van der Waals surface area contributed by atoms with E-state index in [4.69, 9.17) is 5.84 Å². The number of benzene rings is 2. The third-order valence-electron chi connectivity index (χ3n) is 7.73. The summed E-state index contributed by atoms with van der Waals surface area (Å²) in [4.78, 5) is 17.0. The van der Waals surface area contributed by atoms with Crippen LogP contribution in [0.2, 0.25) is 0 Å². The van der Waals surface area contributed by atoms with Crippen LogP contribution in [0.25, 0.3) is 5.70 Å². The summed E-state index contributed by atoms with van der Waals surface area (Å²) in [5.74, 6) is 6.72. The van der Waals surface area contributed by atoms with Gasteiger partial charge in [0, 0.05) is 49.8 Å². The molecular formula is C33H46N6O2. The van der Waals surface area contributed by atoms with E-state index in [0.29, 0.717) is 44.7 Å². The Morgan fingerprint density at radius 2 is 1.88 bits per heavy atom. The van der Waals surface area contributed by atoms with Gasteiger partial charge < -0.3 is 30.4 Å². The third kappa shape index (κ3) is 9.70. The molecule has 1 atom stereocenters. The van der Waals surface area contributed by atoms with Gasteiger partial charge in [-0.15, -0.1) is 0 Å². The number of aliphatic hydroxyl groups is 1. The minimum absolute atomic E-state index is 0.316. The Balaban J connectivity index is 1.67. The van der Waals surface area contributed by atoms with Gasteiger partial charge in [-0.05, 0) is 49.1 Å². The number of nitrogens with one attached hydrogen (secondary N) is 2. The van der Waals surface area contributed by atoms with Crippen molar-refractivity contribution in [3.63, 3.8) is 0 Å². The Morgan fingerprint density at radius 1 is 1.20 bits per heavy atom. The molecule has 0 aromatic heterocycles. The monoisotopic (exact) mass is 558 g/mol. The Hall–Kier alpha value is -3.72. The molecule has 0 spiro atoms. The first-order chi connectivity index (χ1) is 19.8. The number of hydrogen-bond acceptors (Lipinski definition) is 7. The van der Waals surface area contributed by atoms with E-state index in [9.17, 15) is 9.90 Å². The van der Waals surface area contributed by atoms with Crippen molar-refractivity contribution in [3.8, 4) is 0 Å². The van der Waals surface area contributed by atoms with Gasteiger partial charge in [-0.2, -0.15) is 0 Å². The fourth-order valence-corrected chi connectivity index (χ4v) is 5.30. The maximum atomic E-state index is 11.5. The average molecular weight is 559 g/mol. The topological polar surface area (TPSA) is 106 Å². The molecule has 1 aliphatic heterocycles. The second-order valence-electron chi connectivity index (χ2n) is 10.8. The van der Waals surface area contributed by atoms with E-state index in [2.05, 4.69) is 64.9 Å². The van der Waals surface area contributed by atoms with Crippen LogP contribution in [-0.4, -0.2) is 59.9 Å². The van der Waals surface area contributed by atoms with E-state index >= 15 is 0 Å². The van der Waals surface area contributed by atoms with Crippen LogP contribution in [-0.2, 0) is 11.3 Å². The van der Waals surface area contributed by atoms with Crippen LogP contribution >= 0.6 is 0 Å². The van der Waals surface area contributed by atoms with Gasteiger partial charge in [0.15, 0.2) is 0 Å². The van der Waals surface area contributed by atoms with Crippen LogP contribution in [0.15, 0.2) is 90.3 Å². The first kappa shape index (κ1) is 31.8. The molecule has 1 heterocycles. The first-order valence-electron chi connectivity index (χ1n) is 14.3. The number of aldehydes is 1. The maximum Gasteiger partial charge on any atom is 0.133 e. The van der Waals surface area contributed by atoms with Gasteiger partial charge in [0.1, 0.15) is 6.29 Å². The number of nitrogens with zero attached hydrogens (tertiary/aromatic N) is 3. The van der Waals surface area contributed by atoms with Crippen LogP contribution in [0.1, 0.15) is 61.6 Å². The molecule has 0 bridgehead atoms.